The summed E-state index contributed by atoms with van der Waals surface area (Å²) < 4.78 is 10.5. The predicted octanol–water partition coefficient (Wildman–Crippen LogP) is 3.10. The van der Waals surface area contributed by atoms with E-state index in [0.29, 0.717) is 49.9 Å². The van der Waals surface area contributed by atoms with Crippen LogP contribution in [0.4, 0.5) is 10.5 Å². The Labute approximate surface area is 185 Å². The molecule has 0 saturated carbocycles. The van der Waals surface area contributed by atoms with E-state index in [1.54, 1.807) is 53.1 Å². The maximum Gasteiger partial charge on any atom is 0.317 e. The van der Waals surface area contributed by atoms with Crippen molar-refractivity contribution in [1.29, 1.82) is 0 Å². The molecule has 0 atom stereocenters. The molecule has 1 saturated heterocycles. The molecule has 0 spiro atoms. The minimum Gasteiger partial charge on any atom is -0.459 e. The third-order valence-electron chi connectivity index (χ3n) is 5.21. The first kappa shape index (κ1) is 21.2. The standard InChI is InChI=1S/C23H24N4O5/c1-16-4-9-20(32-16)22(29)26-10-12-27(13-11-26)23(30)24-15-17-5-7-18(8-6-17)25-21(28)19-3-2-14-31-19/h2-9,14H,10-13,15H2,1H3,(H,24,30)(H,25,28). The van der Waals surface area contributed by atoms with E-state index in [0.717, 1.165) is 5.56 Å². The van der Waals surface area contributed by atoms with Gasteiger partial charge in [-0.25, -0.2) is 4.79 Å². The number of hydrogen-bond donors (Lipinski definition) is 2. The second-order valence-corrected chi connectivity index (χ2v) is 7.48. The molecule has 0 aliphatic carbocycles. The summed E-state index contributed by atoms with van der Waals surface area (Å²) in [7, 11) is 0. The van der Waals surface area contributed by atoms with Crippen molar-refractivity contribution in [3.05, 3.63) is 77.6 Å². The van der Waals surface area contributed by atoms with E-state index in [1.807, 2.05) is 12.1 Å². The van der Waals surface area contributed by atoms with Gasteiger partial charge >= 0.3 is 6.03 Å². The van der Waals surface area contributed by atoms with Crippen LogP contribution in [0.1, 0.15) is 32.4 Å². The molecule has 1 aliphatic heterocycles. The fourth-order valence-corrected chi connectivity index (χ4v) is 3.41. The van der Waals surface area contributed by atoms with Crippen LogP contribution in [-0.2, 0) is 6.54 Å². The Morgan fingerprint density at radius 3 is 2.25 bits per heavy atom. The summed E-state index contributed by atoms with van der Waals surface area (Å²) in [4.78, 5) is 40.3. The molecule has 1 fully saturated rings. The number of rotatable bonds is 5. The van der Waals surface area contributed by atoms with Gasteiger partial charge in [-0.15, -0.1) is 0 Å². The number of furan rings is 2. The van der Waals surface area contributed by atoms with Crippen molar-refractivity contribution < 1.29 is 23.2 Å². The van der Waals surface area contributed by atoms with Gasteiger partial charge in [0.05, 0.1) is 6.26 Å². The Balaban J connectivity index is 1.22. The fourth-order valence-electron chi connectivity index (χ4n) is 3.41. The van der Waals surface area contributed by atoms with Gasteiger partial charge in [0, 0.05) is 38.4 Å². The first-order valence-electron chi connectivity index (χ1n) is 10.3. The molecule has 4 rings (SSSR count). The van der Waals surface area contributed by atoms with E-state index >= 15 is 0 Å². The van der Waals surface area contributed by atoms with Crippen LogP contribution < -0.4 is 10.6 Å². The maximum absolute atomic E-state index is 12.5. The van der Waals surface area contributed by atoms with Crippen LogP contribution in [-0.4, -0.2) is 53.8 Å². The molecule has 32 heavy (non-hydrogen) atoms. The van der Waals surface area contributed by atoms with Gasteiger partial charge in [0.2, 0.25) is 0 Å². The lowest BCUT2D eigenvalue weighted by molar-refractivity contribution is 0.0632. The van der Waals surface area contributed by atoms with Gasteiger partial charge < -0.3 is 29.3 Å². The number of nitrogens with zero attached hydrogens (tertiary/aromatic N) is 2. The van der Waals surface area contributed by atoms with Gasteiger partial charge in [-0.3, -0.25) is 9.59 Å². The van der Waals surface area contributed by atoms with E-state index < -0.39 is 0 Å². The fraction of sp³-hybridized carbons (Fsp3) is 0.261. The van der Waals surface area contributed by atoms with Crippen LogP contribution in [0.5, 0.6) is 0 Å². The average Bonchev–Trinajstić information content (AvgIpc) is 3.50. The average molecular weight is 436 g/mol. The van der Waals surface area contributed by atoms with E-state index in [-0.39, 0.29) is 23.6 Å². The molecule has 0 radical (unpaired) electrons. The normalized spacial score (nSPS) is 13.7. The quantitative estimate of drug-likeness (QED) is 0.639. The minimum atomic E-state index is -0.323. The third kappa shape index (κ3) is 5.00. The van der Waals surface area contributed by atoms with Crippen molar-refractivity contribution in [2.24, 2.45) is 0 Å². The van der Waals surface area contributed by atoms with Gasteiger partial charge in [-0.05, 0) is 48.9 Å². The maximum atomic E-state index is 12.5. The molecule has 0 bridgehead atoms. The number of piperazine rings is 1. The molecule has 1 aliphatic rings. The summed E-state index contributed by atoms with van der Waals surface area (Å²) >= 11 is 0. The first-order valence-corrected chi connectivity index (χ1v) is 10.3. The lowest BCUT2D eigenvalue weighted by Gasteiger charge is -2.34. The molecule has 4 amide bonds. The van der Waals surface area contributed by atoms with Gasteiger partial charge in [0.1, 0.15) is 5.76 Å². The van der Waals surface area contributed by atoms with Gasteiger partial charge in [0.15, 0.2) is 11.5 Å². The Bertz CT molecular complexity index is 1080. The van der Waals surface area contributed by atoms with Crippen molar-refractivity contribution in [1.82, 2.24) is 15.1 Å². The van der Waals surface area contributed by atoms with Crippen LogP contribution in [0.3, 0.4) is 0 Å². The van der Waals surface area contributed by atoms with Crippen molar-refractivity contribution in [3.63, 3.8) is 0 Å². The molecule has 2 aromatic heterocycles. The molecule has 166 valence electrons. The Morgan fingerprint density at radius 1 is 0.906 bits per heavy atom. The molecule has 9 heteroatoms. The molecule has 3 aromatic rings. The number of aryl methyl sites for hydroxylation is 1. The second-order valence-electron chi connectivity index (χ2n) is 7.48. The van der Waals surface area contributed by atoms with Crippen LogP contribution >= 0.6 is 0 Å². The van der Waals surface area contributed by atoms with Crippen molar-refractivity contribution in [2.45, 2.75) is 13.5 Å². The SMILES string of the molecule is Cc1ccc(C(=O)N2CCN(C(=O)NCc3ccc(NC(=O)c4ccco4)cc3)CC2)o1. The minimum absolute atomic E-state index is 0.155. The van der Waals surface area contributed by atoms with Crippen molar-refractivity contribution in [2.75, 3.05) is 31.5 Å². The highest BCUT2D eigenvalue weighted by Gasteiger charge is 2.26. The van der Waals surface area contributed by atoms with Crippen LogP contribution in [0, 0.1) is 6.92 Å². The van der Waals surface area contributed by atoms with E-state index in [2.05, 4.69) is 10.6 Å². The van der Waals surface area contributed by atoms with E-state index in [1.165, 1.54) is 6.26 Å². The predicted molar refractivity (Wildman–Crippen MR) is 116 cm³/mol. The largest absolute Gasteiger partial charge is 0.459 e. The van der Waals surface area contributed by atoms with Gasteiger partial charge in [0.25, 0.3) is 11.8 Å². The topological polar surface area (TPSA) is 108 Å². The van der Waals surface area contributed by atoms with Crippen LogP contribution in [0.25, 0.3) is 0 Å². The molecule has 0 unspecified atom stereocenters. The monoisotopic (exact) mass is 436 g/mol. The number of carbonyl (C=O) groups excluding carboxylic acids is 3. The zero-order chi connectivity index (χ0) is 22.5. The number of nitrogens with one attached hydrogen (secondary N) is 2. The highest BCUT2D eigenvalue weighted by molar-refractivity contribution is 6.02. The van der Waals surface area contributed by atoms with Crippen LogP contribution in [0.15, 0.2) is 63.6 Å². The Kier molecular flexibility index (Phi) is 6.25. The second kappa shape index (κ2) is 9.42. The highest BCUT2D eigenvalue weighted by Crippen LogP contribution is 2.14. The number of urea groups is 1. The van der Waals surface area contributed by atoms with Gasteiger partial charge in [-0.2, -0.15) is 0 Å². The first-order chi connectivity index (χ1) is 15.5. The summed E-state index contributed by atoms with van der Waals surface area (Å²) in [5.41, 5.74) is 1.53. The highest BCUT2D eigenvalue weighted by atomic mass is 16.4. The number of amides is 4. The lowest BCUT2D eigenvalue weighted by Crippen LogP contribution is -2.53. The number of carbonyl (C=O) groups is 3. The lowest BCUT2D eigenvalue weighted by atomic mass is 10.2. The summed E-state index contributed by atoms with van der Waals surface area (Å²) in [6.45, 7) is 3.97. The summed E-state index contributed by atoms with van der Waals surface area (Å²) in [5, 5.41) is 5.64. The molecular formula is C23H24N4O5. The number of hydrogen-bond acceptors (Lipinski definition) is 5. The summed E-state index contributed by atoms with van der Waals surface area (Å²) in [5.74, 6) is 0.777. The molecule has 2 N–H and O–H groups in total. The molecule has 9 nitrogen and oxygen atoms in total. The van der Waals surface area contributed by atoms with Crippen molar-refractivity contribution >= 4 is 23.5 Å². The van der Waals surface area contributed by atoms with Gasteiger partial charge in [-0.1, -0.05) is 12.1 Å². The van der Waals surface area contributed by atoms with Crippen LogP contribution in [0.2, 0.25) is 0 Å². The summed E-state index contributed by atoms with van der Waals surface area (Å²) in [6, 6.07) is 13.7. The Hall–Kier alpha value is -4.01. The zero-order valence-corrected chi connectivity index (χ0v) is 17.7. The van der Waals surface area contributed by atoms with E-state index in [9.17, 15) is 14.4 Å². The number of benzene rings is 1. The third-order valence-corrected chi connectivity index (χ3v) is 5.21. The van der Waals surface area contributed by atoms with E-state index in [4.69, 9.17) is 8.83 Å². The molecule has 3 heterocycles. The van der Waals surface area contributed by atoms with Crippen molar-refractivity contribution in [3.8, 4) is 0 Å². The summed E-state index contributed by atoms with van der Waals surface area (Å²) in [6.07, 6.45) is 1.44. The smallest absolute Gasteiger partial charge is 0.317 e. The molecule has 1 aromatic carbocycles. The Morgan fingerprint density at radius 2 is 1.62 bits per heavy atom. The number of anilines is 1. The zero-order valence-electron chi connectivity index (χ0n) is 17.7. The molecular weight excluding hydrogens is 412 g/mol.